The van der Waals surface area contributed by atoms with E-state index < -0.39 is 86.8 Å². The summed E-state index contributed by atoms with van der Waals surface area (Å²) >= 11 is 0. The number of nitrogens with one attached hydrogen (secondary N) is 1. The van der Waals surface area contributed by atoms with Crippen LogP contribution in [0.25, 0.3) is 0 Å². The predicted molar refractivity (Wildman–Crippen MR) is 272 cm³/mol. The van der Waals surface area contributed by atoms with E-state index in [-0.39, 0.29) is 18.9 Å². The van der Waals surface area contributed by atoms with Crippen molar-refractivity contribution in [2.24, 2.45) is 0 Å². The Balaban J connectivity index is 1.68. The van der Waals surface area contributed by atoms with Gasteiger partial charge < -0.3 is 65.1 Å². The van der Waals surface area contributed by atoms with Crippen LogP contribution in [0.5, 0.6) is 0 Å². The predicted octanol–water partition coefficient (Wildman–Crippen LogP) is 7.83. The van der Waals surface area contributed by atoms with Crippen LogP contribution in [0.4, 0.5) is 0 Å². The van der Waals surface area contributed by atoms with E-state index in [0.29, 0.717) is 6.42 Å². The molecule has 0 radical (unpaired) electrons. The zero-order valence-electron chi connectivity index (χ0n) is 42.5. The van der Waals surface area contributed by atoms with E-state index in [1.165, 1.54) is 89.9 Å². The molecule has 1 amide bonds. The summed E-state index contributed by atoms with van der Waals surface area (Å²) in [6.07, 6.45) is 34.4. The number of ether oxygens (including phenoxy) is 4. The second-order valence-electron chi connectivity index (χ2n) is 19.0. The van der Waals surface area contributed by atoms with Gasteiger partial charge in [-0.25, -0.2) is 0 Å². The van der Waals surface area contributed by atoms with E-state index in [2.05, 4.69) is 67.8 Å². The lowest BCUT2D eigenvalue weighted by Gasteiger charge is -2.46. The van der Waals surface area contributed by atoms with Gasteiger partial charge >= 0.3 is 0 Å². The molecule has 0 aromatic rings. The maximum atomic E-state index is 13.2. The minimum absolute atomic E-state index is 0.246. The first-order valence-corrected chi connectivity index (χ1v) is 27.0. The topological polar surface area (TPSA) is 228 Å². The molecule has 0 aromatic carbocycles. The molecule has 14 nitrogen and oxygen atoms in total. The standard InChI is InChI=1S/C55H97NO13/c1-3-5-7-9-11-13-14-15-16-17-18-19-20-21-22-23-24-25-26-27-28-29-30-31-33-35-37-39-47(60)56-43(44(59)38-36-34-32-12-10-8-6-4-2)42-66-54-52(65)50(63)53(46(41-58)68-54)69-55-51(64)49(62)48(61)45(40-57)67-55/h5,7,11,13,15-16,18-19,36,38,43-46,48-55,57-59,61-65H,3-4,6,8-10,12,14,17,20-35,37,39-42H2,1-2H3,(H,56,60)/b7-5-,13-11-,16-15-,19-18-,38-36+. The lowest BCUT2D eigenvalue weighted by molar-refractivity contribution is -0.359. The molecule has 0 spiro atoms. The van der Waals surface area contributed by atoms with Crippen LogP contribution in [-0.2, 0) is 23.7 Å². The van der Waals surface area contributed by atoms with Crippen LogP contribution in [0.3, 0.4) is 0 Å². The summed E-state index contributed by atoms with van der Waals surface area (Å²) in [5.74, 6) is -0.246. The summed E-state index contributed by atoms with van der Waals surface area (Å²) < 4.78 is 22.6. The van der Waals surface area contributed by atoms with Crippen molar-refractivity contribution in [3.8, 4) is 0 Å². The number of aliphatic hydroxyl groups excluding tert-OH is 8. The van der Waals surface area contributed by atoms with Gasteiger partial charge in [-0.2, -0.15) is 0 Å². The molecule has 0 aromatic heterocycles. The highest BCUT2D eigenvalue weighted by Crippen LogP contribution is 2.30. The Labute approximate surface area is 416 Å². The Morgan fingerprint density at radius 3 is 1.54 bits per heavy atom. The number of unbranched alkanes of at least 4 members (excludes halogenated alkanes) is 20. The van der Waals surface area contributed by atoms with Gasteiger partial charge in [-0.3, -0.25) is 4.79 Å². The molecule has 2 fully saturated rings. The first kappa shape index (κ1) is 62.8. The van der Waals surface area contributed by atoms with Gasteiger partial charge in [0.25, 0.3) is 0 Å². The number of hydrogen-bond acceptors (Lipinski definition) is 13. The van der Waals surface area contributed by atoms with E-state index >= 15 is 0 Å². The quantitative estimate of drug-likeness (QED) is 0.0211. The second-order valence-corrected chi connectivity index (χ2v) is 19.0. The van der Waals surface area contributed by atoms with Gasteiger partial charge in [-0.15, -0.1) is 0 Å². The van der Waals surface area contributed by atoms with Crippen molar-refractivity contribution in [2.75, 3.05) is 19.8 Å². The third-order valence-corrected chi connectivity index (χ3v) is 13.0. The number of hydrogen-bond donors (Lipinski definition) is 9. The highest BCUT2D eigenvalue weighted by molar-refractivity contribution is 5.76. The van der Waals surface area contributed by atoms with Crippen molar-refractivity contribution < 1.29 is 64.6 Å². The number of amides is 1. The Hall–Kier alpha value is -2.31. The van der Waals surface area contributed by atoms with Gasteiger partial charge in [0, 0.05) is 6.42 Å². The average Bonchev–Trinajstić information content (AvgIpc) is 3.35. The molecule has 9 N–H and O–H groups in total. The van der Waals surface area contributed by atoms with Crippen LogP contribution in [-0.4, -0.2) is 140 Å². The van der Waals surface area contributed by atoms with Gasteiger partial charge in [0.2, 0.25) is 5.91 Å². The summed E-state index contributed by atoms with van der Waals surface area (Å²) in [5, 5.41) is 86.6. The summed E-state index contributed by atoms with van der Waals surface area (Å²) in [6, 6.07) is -0.913. The van der Waals surface area contributed by atoms with Crippen molar-refractivity contribution in [3.05, 3.63) is 60.8 Å². The average molecular weight is 980 g/mol. The number of carbonyl (C=O) groups is 1. The van der Waals surface area contributed by atoms with Gasteiger partial charge in [0.05, 0.1) is 32.0 Å². The van der Waals surface area contributed by atoms with Gasteiger partial charge in [-0.05, 0) is 57.8 Å². The molecule has 2 saturated heterocycles. The molecule has 69 heavy (non-hydrogen) atoms. The van der Waals surface area contributed by atoms with Crippen LogP contribution in [0.1, 0.15) is 187 Å². The van der Waals surface area contributed by atoms with Crippen LogP contribution in [0.15, 0.2) is 60.8 Å². The zero-order valence-corrected chi connectivity index (χ0v) is 42.5. The molecule has 12 unspecified atom stereocenters. The lowest BCUT2D eigenvalue weighted by atomic mass is 9.97. The van der Waals surface area contributed by atoms with Crippen molar-refractivity contribution >= 4 is 5.91 Å². The zero-order chi connectivity index (χ0) is 50.3. The van der Waals surface area contributed by atoms with E-state index in [1.54, 1.807) is 6.08 Å². The summed E-state index contributed by atoms with van der Waals surface area (Å²) in [7, 11) is 0. The summed E-state index contributed by atoms with van der Waals surface area (Å²) in [5.41, 5.74) is 0. The van der Waals surface area contributed by atoms with E-state index in [9.17, 15) is 45.6 Å². The van der Waals surface area contributed by atoms with Crippen LogP contribution >= 0.6 is 0 Å². The van der Waals surface area contributed by atoms with Crippen LogP contribution < -0.4 is 5.32 Å². The molecule has 2 aliphatic heterocycles. The highest BCUT2D eigenvalue weighted by atomic mass is 16.7. The molecular weight excluding hydrogens is 883 g/mol. The minimum atomic E-state index is -1.79. The minimum Gasteiger partial charge on any atom is -0.394 e. The largest absolute Gasteiger partial charge is 0.394 e. The van der Waals surface area contributed by atoms with Crippen LogP contribution in [0.2, 0.25) is 0 Å². The first-order valence-electron chi connectivity index (χ1n) is 27.0. The maximum Gasteiger partial charge on any atom is 0.220 e. The normalized spacial score (nSPS) is 26.6. The van der Waals surface area contributed by atoms with Crippen molar-refractivity contribution in [1.82, 2.24) is 5.32 Å². The third-order valence-electron chi connectivity index (χ3n) is 13.0. The number of allylic oxidation sites excluding steroid dienone is 9. The van der Waals surface area contributed by atoms with E-state index in [1.807, 2.05) is 6.08 Å². The van der Waals surface area contributed by atoms with Gasteiger partial charge in [-0.1, -0.05) is 184 Å². The fourth-order valence-electron chi connectivity index (χ4n) is 8.58. The number of aliphatic hydroxyl groups is 8. The Kier molecular flexibility index (Phi) is 37.5. The number of rotatable bonds is 41. The van der Waals surface area contributed by atoms with Crippen LogP contribution in [0, 0.1) is 0 Å². The summed E-state index contributed by atoms with van der Waals surface area (Å²) in [4.78, 5) is 13.2. The highest BCUT2D eigenvalue weighted by Gasteiger charge is 2.51. The Morgan fingerprint density at radius 1 is 0.536 bits per heavy atom. The maximum absolute atomic E-state index is 13.2. The fourth-order valence-corrected chi connectivity index (χ4v) is 8.58. The SMILES string of the molecule is CC/C=C\C/C=C\C/C=C\C/C=C\CCCCCCCCCCCCCCCCC(=O)NC(COC1OC(CO)C(OC2OC(CO)C(O)C(O)C2O)C(O)C1O)C(O)/C=C/CCCCCCCC. The molecule has 0 bridgehead atoms. The Bertz CT molecular complexity index is 1390. The molecule has 2 aliphatic rings. The monoisotopic (exact) mass is 980 g/mol. The van der Waals surface area contributed by atoms with Gasteiger partial charge in [0.1, 0.15) is 48.8 Å². The number of carbonyl (C=O) groups excluding carboxylic acids is 1. The molecule has 0 saturated carbocycles. The molecule has 2 heterocycles. The van der Waals surface area contributed by atoms with Crippen molar-refractivity contribution in [3.63, 3.8) is 0 Å². The molecular formula is C55H97NO13. The lowest BCUT2D eigenvalue weighted by Crippen LogP contribution is -2.65. The van der Waals surface area contributed by atoms with E-state index in [4.69, 9.17) is 18.9 Å². The van der Waals surface area contributed by atoms with E-state index in [0.717, 1.165) is 70.6 Å². The first-order chi connectivity index (χ1) is 33.6. The Morgan fingerprint density at radius 2 is 1.00 bits per heavy atom. The molecule has 400 valence electrons. The summed E-state index contributed by atoms with van der Waals surface area (Å²) in [6.45, 7) is 2.61. The smallest absolute Gasteiger partial charge is 0.220 e. The second kappa shape index (κ2) is 41.2. The molecule has 2 rings (SSSR count). The fraction of sp³-hybridized carbons (Fsp3) is 0.800. The van der Waals surface area contributed by atoms with Gasteiger partial charge in [0.15, 0.2) is 12.6 Å². The molecule has 14 heteroatoms. The van der Waals surface area contributed by atoms with Crippen molar-refractivity contribution in [2.45, 2.75) is 261 Å². The van der Waals surface area contributed by atoms with Crippen molar-refractivity contribution in [1.29, 1.82) is 0 Å². The molecule has 0 aliphatic carbocycles. The molecule has 12 atom stereocenters. The third kappa shape index (κ3) is 27.9.